The maximum atomic E-state index is 7.57. The van der Waals surface area contributed by atoms with Crippen molar-refractivity contribution in [3.8, 4) is 11.6 Å². The summed E-state index contributed by atoms with van der Waals surface area (Å²) in [6.07, 6.45) is 0.872. The van der Waals surface area contributed by atoms with Crippen molar-refractivity contribution < 1.29 is 4.74 Å². The van der Waals surface area contributed by atoms with Crippen molar-refractivity contribution in [2.75, 3.05) is 0 Å². The van der Waals surface area contributed by atoms with E-state index in [1.165, 1.54) is 0 Å². The summed E-state index contributed by atoms with van der Waals surface area (Å²) in [7, 11) is 0. The molecule has 0 fully saturated rings. The number of aryl methyl sites for hydroxylation is 2. The van der Waals surface area contributed by atoms with E-state index in [0.717, 1.165) is 23.4 Å². The smallest absolute Gasteiger partial charge is 0.230 e. The van der Waals surface area contributed by atoms with E-state index < -0.39 is 0 Å². The van der Waals surface area contributed by atoms with E-state index in [1.807, 2.05) is 37.3 Å². The first-order valence-electron chi connectivity index (χ1n) is 6.19. The van der Waals surface area contributed by atoms with Crippen LogP contribution in [0.15, 0.2) is 36.4 Å². The third-order valence-corrected chi connectivity index (χ3v) is 2.85. The molecule has 0 amide bonds. The van der Waals surface area contributed by atoms with E-state index in [4.69, 9.17) is 15.9 Å². The molecule has 2 rings (SSSR count). The van der Waals surface area contributed by atoms with Gasteiger partial charge in [-0.05, 0) is 37.1 Å². The van der Waals surface area contributed by atoms with Gasteiger partial charge < -0.3 is 10.5 Å². The Morgan fingerprint density at radius 3 is 2.68 bits per heavy atom. The van der Waals surface area contributed by atoms with Gasteiger partial charge >= 0.3 is 0 Å². The molecule has 98 valence electrons. The number of hydrogen-bond acceptors (Lipinski definition) is 3. The second-order valence-electron chi connectivity index (χ2n) is 4.28. The normalized spacial score (nSPS) is 10.2. The number of para-hydroxylation sites is 1. The molecule has 0 atom stereocenters. The highest BCUT2D eigenvalue weighted by atomic mass is 16.5. The van der Waals surface area contributed by atoms with Gasteiger partial charge in [-0.25, -0.2) is 4.98 Å². The van der Waals surface area contributed by atoms with Crippen LogP contribution in [-0.4, -0.2) is 10.8 Å². The maximum absolute atomic E-state index is 7.57. The van der Waals surface area contributed by atoms with Crippen LogP contribution in [0, 0.1) is 12.3 Å². The highest BCUT2D eigenvalue weighted by Crippen LogP contribution is 2.26. The van der Waals surface area contributed by atoms with Gasteiger partial charge in [-0.15, -0.1) is 0 Å². The quantitative estimate of drug-likeness (QED) is 0.651. The first-order chi connectivity index (χ1) is 9.11. The largest absolute Gasteiger partial charge is 0.438 e. The molecule has 0 saturated heterocycles. The number of nitrogens with zero attached hydrogens (tertiary/aromatic N) is 1. The van der Waals surface area contributed by atoms with Crippen LogP contribution in [0.4, 0.5) is 0 Å². The first kappa shape index (κ1) is 13.1. The number of nitrogen functional groups attached to an aromatic ring is 1. The molecule has 0 saturated carbocycles. The summed E-state index contributed by atoms with van der Waals surface area (Å²) >= 11 is 0. The molecule has 2 aromatic rings. The molecule has 19 heavy (non-hydrogen) atoms. The number of rotatable bonds is 4. The molecule has 0 radical (unpaired) electrons. The summed E-state index contributed by atoms with van der Waals surface area (Å²) in [5.41, 5.74) is 7.99. The molecule has 1 aromatic heterocycles. The van der Waals surface area contributed by atoms with Crippen LogP contribution in [0.5, 0.6) is 11.6 Å². The predicted octanol–water partition coefficient (Wildman–Crippen LogP) is 3.03. The van der Waals surface area contributed by atoms with Crippen molar-refractivity contribution in [2.24, 2.45) is 5.73 Å². The van der Waals surface area contributed by atoms with Crippen LogP contribution < -0.4 is 10.5 Å². The maximum Gasteiger partial charge on any atom is 0.230 e. The minimum Gasteiger partial charge on any atom is -0.438 e. The Hall–Kier alpha value is -2.36. The predicted molar refractivity (Wildman–Crippen MR) is 75.9 cm³/mol. The van der Waals surface area contributed by atoms with Crippen molar-refractivity contribution in [1.82, 2.24) is 4.98 Å². The molecule has 4 nitrogen and oxygen atoms in total. The average molecular weight is 255 g/mol. The lowest BCUT2D eigenvalue weighted by Crippen LogP contribution is -2.13. The van der Waals surface area contributed by atoms with Crippen molar-refractivity contribution >= 4 is 5.84 Å². The zero-order chi connectivity index (χ0) is 13.8. The highest BCUT2D eigenvalue weighted by molar-refractivity contribution is 5.97. The molecular formula is C15H17N3O. The Bertz CT molecular complexity index is 608. The zero-order valence-corrected chi connectivity index (χ0v) is 11.1. The number of nitrogens with one attached hydrogen (secondary N) is 1. The monoisotopic (exact) mass is 255 g/mol. The molecule has 0 aliphatic heterocycles. The van der Waals surface area contributed by atoms with Crippen molar-refractivity contribution in [3.63, 3.8) is 0 Å². The molecule has 0 aliphatic rings. The lowest BCUT2D eigenvalue weighted by Gasteiger charge is -2.12. The fraction of sp³-hybridized carbons (Fsp3) is 0.200. The summed E-state index contributed by atoms with van der Waals surface area (Å²) in [6.45, 7) is 3.94. The number of nitrogens with two attached hydrogens (primary N) is 1. The topological polar surface area (TPSA) is 72.0 Å². The van der Waals surface area contributed by atoms with E-state index >= 15 is 0 Å². The number of ether oxygens (including phenoxy) is 1. The molecule has 1 aromatic carbocycles. The number of aromatic nitrogens is 1. The van der Waals surface area contributed by atoms with E-state index in [2.05, 4.69) is 11.9 Å². The Labute approximate surface area is 112 Å². The Morgan fingerprint density at radius 2 is 2.00 bits per heavy atom. The van der Waals surface area contributed by atoms with Gasteiger partial charge in [0.05, 0.1) is 5.56 Å². The molecule has 0 bridgehead atoms. The summed E-state index contributed by atoms with van der Waals surface area (Å²) in [6, 6.07) is 11.4. The fourth-order valence-electron chi connectivity index (χ4n) is 1.82. The Kier molecular flexibility index (Phi) is 3.80. The van der Waals surface area contributed by atoms with Crippen molar-refractivity contribution in [2.45, 2.75) is 20.3 Å². The van der Waals surface area contributed by atoms with Gasteiger partial charge in [0, 0.05) is 5.69 Å². The Morgan fingerprint density at radius 1 is 1.26 bits per heavy atom. The Balaban J connectivity index is 2.42. The minimum absolute atomic E-state index is 0.0449. The molecular weight excluding hydrogens is 238 g/mol. The number of hydrogen-bond donors (Lipinski definition) is 2. The van der Waals surface area contributed by atoms with Gasteiger partial charge in [0.25, 0.3) is 0 Å². The molecule has 0 aliphatic carbocycles. The van der Waals surface area contributed by atoms with Crippen molar-refractivity contribution in [3.05, 3.63) is 53.2 Å². The summed E-state index contributed by atoms with van der Waals surface area (Å²) in [4.78, 5) is 4.32. The SMILES string of the molecule is CCc1ccccc1Oc1nc(C)ccc1C(=N)N. The molecule has 1 heterocycles. The van der Waals surface area contributed by atoms with Gasteiger partial charge in [0.1, 0.15) is 11.6 Å². The summed E-state index contributed by atoms with van der Waals surface area (Å²) < 4.78 is 5.84. The highest BCUT2D eigenvalue weighted by Gasteiger charge is 2.11. The zero-order valence-electron chi connectivity index (χ0n) is 11.1. The van der Waals surface area contributed by atoms with E-state index in [0.29, 0.717) is 11.4 Å². The third kappa shape index (κ3) is 2.91. The number of pyridine rings is 1. The van der Waals surface area contributed by atoms with Gasteiger partial charge in [-0.2, -0.15) is 0 Å². The minimum atomic E-state index is -0.0449. The summed E-state index contributed by atoms with van der Waals surface area (Å²) in [5, 5.41) is 7.57. The van der Waals surface area contributed by atoms with E-state index in [1.54, 1.807) is 6.07 Å². The molecule has 3 N–H and O–H groups in total. The number of amidine groups is 1. The van der Waals surface area contributed by atoms with E-state index in [-0.39, 0.29) is 5.84 Å². The third-order valence-electron chi connectivity index (χ3n) is 2.85. The van der Waals surface area contributed by atoms with Gasteiger partial charge in [-0.1, -0.05) is 25.1 Å². The van der Waals surface area contributed by atoms with E-state index in [9.17, 15) is 0 Å². The first-order valence-corrected chi connectivity index (χ1v) is 6.19. The lowest BCUT2D eigenvalue weighted by molar-refractivity contribution is 0.455. The summed E-state index contributed by atoms with van der Waals surface area (Å²) in [5.74, 6) is 1.09. The lowest BCUT2D eigenvalue weighted by atomic mass is 10.1. The average Bonchev–Trinajstić information content (AvgIpc) is 2.39. The van der Waals surface area contributed by atoms with Crippen LogP contribution in [0.3, 0.4) is 0 Å². The van der Waals surface area contributed by atoms with Gasteiger partial charge in [-0.3, -0.25) is 5.41 Å². The second kappa shape index (κ2) is 5.52. The molecule has 0 unspecified atom stereocenters. The molecule has 0 spiro atoms. The standard InChI is InChI=1S/C15H17N3O/c1-3-11-6-4-5-7-13(11)19-15-12(14(16)17)9-8-10(2)18-15/h4-9H,3H2,1-2H3,(H3,16,17). The van der Waals surface area contributed by atoms with Crippen LogP contribution in [0.1, 0.15) is 23.7 Å². The van der Waals surface area contributed by atoms with Gasteiger partial charge in [0.15, 0.2) is 0 Å². The second-order valence-corrected chi connectivity index (χ2v) is 4.28. The fourth-order valence-corrected chi connectivity index (χ4v) is 1.82. The van der Waals surface area contributed by atoms with Crippen LogP contribution in [-0.2, 0) is 6.42 Å². The van der Waals surface area contributed by atoms with Gasteiger partial charge in [0.2, 0.25) is 5.88 Å². The van der Waals surface area contributed by atoms with Crippen LogP contribution >= 0.6 is 0 Å². The number of benzene rings is 1. The van der Waals surface area contributed by atoms with Crippen molar-refractivity contribution in [1.29, 1.82) is 5.41 Å². The van der Waals surface area contributed by atoms with Crippen LogP contribution in [0.25, 0.3) is 0 Å². The van der Waals surface area contributed by atoms with Crippen LogP contribution in [0.2, 0.25) is 0 Å². The molecule has 4 heteroatoms.